The zero-order valence-corrected chi connectivity index (χ0v) is 15.5. The predicted octanol–water partition coefficient (Wildman–Crippen LogP) is 0.689. The second-order valence-electron chi connectivity index (χ2n) is 7.50. The summed E-state index contributed by atoms with van der Waals surface area (Å²) in [7, 11) is 1.59. The summed E-state index contributed by atoms with van der Waals surface area (Å²) in [6, 6.07) is 0.262. The van der Waals surface area contributed by atoms with Crippen molar-refractivity contribution < 1.29 is 20.1 Å². The SMILES string of the molecule is COC12C(CO)c3c(O)c(N=C4C=CC(=N)N=C4)c(C)c(O)c3N1CC1NC12. The van der Waals surface area contributed by atoms with Crippen molar-refractivity contribution in [3.05, 3.63) is 23.3 Å². The largest absolute Gasteiger partial charge is 0.505 e. The molecule has 5 N–H and O–H groups in total. The third-order valence-corrected chi connectivity index (χ3v) is 6.22. The van der Waals surface area contributed by atoms with Crippen molar-refractivity contribution in [3.8, 4) is 11.5 Å². The number of nitrogens with one attached hydrogen (secondary N) is 2. The number of dihydropyridines is 1. The van der Waals surface area contributed by atoms with Gasteiger partial charge in [-0.25, -0.2) is 9.98 Å². The molecule has 2 fully saturated rings. The van der Waals surface area contributed by atoms with Crippen molar-refractivity contribution in [2.75, 3.05) is 25.2 Å². The number of fused-ring (bicyclic) bond motifs is 5. The van der Waals surface area contributed by atoms with Crippen LogP contribution in [0.5, 0.6) is 11.5 Å². The van der Waals surface area contributed by atoms with Crippen LogP contribution in [0.1, 0.15) is 17.0 Å². The summed E-state index contributed by atoms with van der Waals surface area (Å²) in [6.07, 6.45) is 4.56. The van der Waals surface area contributed by atoms with Gasteiger partial charge in [-0.2, -0.15) is 0 Å². The fourth-order valence-electron chi connectivity index (χ4n) is 4.88. The number of allylic oxidation sites excluding steroid dienone is 1. The highest BCUT2D eigenvalue weighted by atomic mass is 16.5. The van der Waals surface area contributed by atoms with E-state index in [1.54, 1.807) is 20.1 Å². The van der Waals surface area contributed by atoms with Gasteiger partial charge in [-0.1, -0.05) is 0 Å². The molecule has 0 saturated carbocycles. The van der Waals surface area contributed by atoms with Crippen LogP contribution >= 0.6 is 0 Å². The monoisotopic (exact) mass is 383 g/mol. The Balaban J connectivity index is 1.71. The van der Waals surface area contributed by atoms with Gasteiger partial charge in [0.25, 0.3) is 0 Å². The number of hydrogen-bond acceptors (Lipinski definition) is 8. The minimum Gasteiger partial charge on any atom is -0.505 e. The van der Waals surface area contributed by atoms with E-state index in [4.69, 9.17) is 10.1 Å². The Morgan fingerprint density at radius 3 is 2.82 bits per heavy atom. The summed E-state index contributed by atoms with van der Waals surface area (Å²) < 4.78 is 5.90. The summed E-state index contributed by atoms with van der Waals surface area (Å²) in [5, 5.41) is 43.2. The number of aliphatic hydroxyl groups excluding tert-OH is 1. The molecule has 0 radical (unpaired) electrons. The van der Waals surface area contributed by atoms with Gasteiger partial charge in [-0.15, -0.1) is 0 Å². The molecular formula is C19H21N5O4. The summed E-state index contributed by atoms with van der Waals surface area (Å²) in [6.45, 7) is 2.07. The molecule has 0 aliphatic carbocycles. The third kappa shape index (κ3) is 1.98. The number of benzene rings is 1. The molecule has 4 aliphatic rings. The molecule has 28 heavy (non-hydrogen) atoms. The Morgan fingerprint density at radius 1 is 1.39 bits per heavy atom. The van der Waals surface area contributed by atoms with Gasteiger partial charge in [0.2, 0.25) is 0 Å². The van der Waals surface area contributed by atoms with Crippen molar-refractivity contribution in [3.63, 3.8) is 0 Å². The fraction of sp³-hybridized carbons (Fsp3) is 0.421. The number of anilines is 1. The topological polar surface area (TPSA) is 144 Å². The van der Waals surface area contributed by atoms with E-state index in [2.05, 4.69) is 15.3 Å². The van der Waals surface area contributed by atoms with E-state index in [9.17, 15) is 15.3 Å². The van der Waals surface area contributed by atoms with E-state index >= 15 is 0 Å². The van der Waals surface area contributed by atoms with Crippen molar-refractivity contribution >= 4 is 29.1 Å². The van der Waals surface area contributed by atoms with Gasteiger partial charge < -0.3 is 30.3 Å². The van der Waals surface area contributed by atoms with Gasteiger partial charge in [-0.3, -0.25) is 5.41 Å². The van der Waals surface area contributed by atoms with E-state index in [0.29, 0.717) is 29.1 Å². The Kier molecular flexibility index (Phi) is 3.49. The van der Waals surface area contributed by atoms with Crippen LogP contribution in [0.2, 0.25) is 0 Å². The number of rotatable bonds is 3. The highest BCUT2D eigenvalue weighted by Gasteiger charge is 2.71. The highest BCUT2D eigenvalue weighted by molar-refractivity contribution is 6.40. The van der Waals surface area contributed by atoms with Crippen molar-refractivity contribution in [2.24, 2.45) is 9.98 Å². The summed E-state index contributed by atoms with van der Waals surface area (Å²) in [5.74, 6) is -0.476. The standard InChI is InChI=1S/C19H21N5O4/c1-8-14(22-9-3-4-12(20)21-5-9)17(27)13-10(7-25)19(28-2)18-11(23-18)6-24(19)15(13)16(8)26/h3-5,10-11,18,20,23,25-27H,6-7H2,1-2H3. The van der Waals surface area contributed by atoms with Crippen LogP contribution in [0.3, 0.4) is 0 Å². The van der Waals surface area contributed by atoms with Gasteiger partial charge >= 0.3 is 0 Å². The first kappa shape index (κ1) is 17.4. The number of amidine groups is 1. The van der Waals surface area contributed by atoms with E-state index in [1.165, 1.54) is 12.3 Å². The van der Waals surface area contributed by atoms with Gasteiger partial charge in [0.05, 0.1) is 36.2 Å². The highest BCUT2D eigenvalue weighted by Crippen LogP contribution is 2.63. The molecule has 2 saturated heterocycles. The van der Waals surface area contributed by atoms with Crippen LogP contribution in [0.25, 0.3) is 0 Å². The van der Waals surface area contributed by atoms with Gasteiger partial charge in [0, 0.05) is 30.8 Å². The van der Waals surface area contributed by atoms with Crippen molar-refractivity contribution in [2.45, 2.75) is 30.7 Å². The van der Waals surface area contributed by atoms with Gasteiger partial charge in [0.15, 0.2) is 5.72 Å². The summed E-state index contributed by atoms with van der Waals surface area (Å²) in [5.41, 5.74) is 1.21. The number of aliphatic imine (C=N–C) groups is 2. The third-order valence-electron chi connectivity index (χ3n) is 6.22. The van der Waals surface area contributed by atoms with Gasteiger partial charge in [0.1, 0.15) is 23.0 Å². The van der Waals surface area contributed by atoms with Gasteiger partial charge in [-0.05, 0) is 19.1 Å². The van der Waals surface area contributed by atoms with Crippen molar-refractivity contribution in [1.82, 2.24) is 5.32 Å². The Hall–Kier alpha value is -2.75. The molecule has 4 aliphatic heterocycles. The molecule has 0 spiro atoms. The normalized spacial score (nSPS) is 33.4. The van der Waals surface area contributed by atoms with Crippen LogP contribution in [0.4, 0.5) is 11.4 Å². The molecule has 4 heterocycles. The number of hydrogen-bond donors (Lipinski definition) is 5. The number of aromatic hydroxyl groups is 2. The Bertz CT molecular complexity index is 983. The molecule has 1 aromatic carbocycles. The first-order chi connectivity index (χ1) is 13.4. The summed E-state index contributed by atoms with van der Waals surface area (Å²) in [4.78, 5) is 10.3. The minimum atomic E-state index is -0.851. The molecule has 4 unspecified atom stereocenters. The predicted molar refractivity (Wildman–Crippen MR) is 105 cm³/mol. The Morgan fingerprint density at radius 2 is 2.18 bits per heavy atom. The maximum absolute atomic E-state index is 11.1. The van der Waals surface area contributed by atoms with Crippen LogP contribution in [-0.4, -0.2) is 71.2 Å². The first-order valence-corrected chi connectivity index (χ1v) is 9.11. The molecule has 0 aromatic heterocycles. The van der Waals surface area contributed by atoms with Crippen molar-refractivity contribution in [1.29, 1.82) is 5.41 Å². The lowest BCUT2D eigenvalue weighted by Gasteiger charge is -2.38. The van der Waals surface area contributed by atoms with Crippen LogP contribution < -0.4 is 10.2 Å². The smallest absolute Gasteiger partial charge is 0.167 e. The molecule has 0 amide bonds. The van der Waals surface area contributed by atoms with E-state index < -0.39 is 11.6 Å². The molecular weight excluding hydrogens is 362 g/mol. The number of phenols is 2. The molecule has 1 aromatic rings. The Labute approximate surface area is 161 Å². The van der Waals surface area contributed by atoms with E-state index in [-0.39, 0.29) is 41.7 Å². The number of ether oxygens (including phenoxy) is 1. The maximum Gasteiger partial charge on any atom is 0.167 e. The van der Waals surface area contributed by atoms with Crippen LogP contribution in [0.15, 0.2) is 22.1 Å². The zero-order chi connectivity index (χ0) is 19.8. The quantitative estimate of drug-likeness (QED) is 0.384. The second kappa shape index (κ2) is 5.63. The average molecular weight is 383 g/mol. The van der Waals surface area contributed by atoms with E-state index in [0.717, 1.165) is 0 Å². The first-order valence-electron chi connectivity index (χ1n) is 9.11. The molecule has 4 atom stereocenters. The fourth-order valence-corrected chi connectivity index (χ4v) is 4.88. The second-order valence-corrected chi connectivity index (χ2v) is 7.50. The lowest BCUT2D eigenvalue weighted by molar-refractivity contribution is -0.0324. The average Bonchev–Trinajstić information content (AvgIpc) is 3.30. The summed E-state index contributed by atoms with van der Waals surface area (Å²) >= 11 is 0. The number of nitrogens with zero attached hydrogens (tertiary/aromatic N) is 3. The molecule has 146 valence electrons. The van der Waals surface area contributed by atoms with Crippen LogP contribution in [-0.2, 0) is 4.74 Å². The molecule has 9 heteroatoms. The molecule has 0 bridgehead atoms. The lowest BCUT2D eigenvalue weighted by Crippen LogP contribution is -2.54. The van der Waals surface area contributed by atoms with E-state index in [1.807, 2.05) is 4.90 Å². The molecule has 9 nitrogen and oxygen atoms in total. The molecule has 5 rings (SSSR count). The zero-order valence-electron chi connectivity index (χ0n) is 15.5. The minimum absolute atomic E-state index is 0.0234. The van der Waals surface area contributed by atoms with Crippen LogP contribution in [0, 0.1) is 12.3 Å². The lowest BCUT2D eigenvalue weighted by atomic mass is 9.88. The number of piperazine rings is 1. The number of methoxy groups -OCH3 is 1. The number of aliphatic hydroxyl groups is 1. The number of phenolic OH excluding ortho intramolecular Hbond substituents is 2. The maximum atomic E-state index is 11.1.